The van der Waals surface area contributed by atoms with Crippen LogP contribution >= 0.6 is 0 Å². The molecule has 2 unspecified atom stereocenters. The van der Waals surface area contributed by atoms with Crippen LogP contribution in [0.1, 0.15) is 51.0 Å². The SMILES string of the molecule is CCC(C)c1ccc(NC(N)=NCC2CCCCS2(=O)=O)cc1. The second-order valence-electron chi connectivity index (χ2n) is 6.27. The van der Waals surface area contributed by atoms with E-state index in [0.717, 1.165) is 24.9 Å². The van der Waals surface area contributed by atoms with Crippen molar-refractivity contribution in [3.05, 3.63) is 29.8 Å². The topological polar surface area (TPSA) is 84.5 Å². The Labute approximate surface area is 139 Å². The molecule has 1 saturated heterocycles. The molecule has 5 nitrogen and oxygen atoms in total. The van der Waals surface area contributed by atoms with Gasteiger partial charge in [-0.1, -0.05) is 32.4 Å². The van der Waals surface area contributed by atoms with Crippen molar-refractivity contribution < 1.29 is 8.42 Å². The number of aliphatic imine (C=N–C) groups is 1. The third-order valence-electron chi connectivity index (χ3n) is 4.54. The molecule has 128 valence electrons. The summed E-state index contributed by atoms with van der Waals surface area (Å²) in [6.45, 7) is 4.61. The van der Waals surface area contributed by atoms with Crippen LogP contribution in [0.5, 0.6) is 0 Å². The molecular weight excluding hydrogens is 310 g/mol. The first-order chi connectivity index (χ1) is 10.9. The zero-order valence-corrected chi connectivity index (χ0v) is 14.8. The highest BCUT2D eigenvalue weighted by molar-refractivity contribution is 7.92. The predicted octanol–water partition coefficient (Wildman–Crippen LogP) is 2.89. The molecule has 1 aromatic carbocycles. The molecular formula is C17H27N3O2S. The molecule has 6 heteroatoms. The average Bonchev–Trinajstić information content (AvgIpc) is 2.53. The minimum atomic E-state index is -3.00. The molecule has 1 aliphatic rings. The molecule has 0 bridgehead atoms. The van der Waals surface area contributed by atoms with E-state index in [-0.39, 0.29) is 23.5 Å². The number of nitrogens with two attached hydrogens (primary N) is 1. The van der Waals surface area contributed by atoms with Gasteiger partial charge in [0.1, 0.15) is 0 Å². The zero-order valence-electron chi connectivity index (χ0n) is 14.0. The third kappa shape index (κ3) is 4.96. The number of hydrogen-bond acceptors (Lipinski definition) is 3. The minimum absolute atomic E-state index is 0.242. The number of rotatable bonds is 5. The van der Waals surface area contributed by atoms with Crippen molar-refractivity contribution in [3.63, 3.8) is 0 Å². The molecule has 2 atom stereocenters. The highest BCUT2D eigenvalue weighted by atomic mass is 32.2. The summed E-state index contributed by atoms with van der Waals surface area (Å²) >= 11 is 0. The number of anilines is 1. The van der Waals surface area contributed by atoms with Gasteiger partial charge < -0.3 is 11.1 Å². The first-order valence-corrected chi connectivity index (χ1v) is 10.0. The van der Waals surface area contributed by atoms with E-state index in [2.05, 4.69) is 36.3 Å². The van der Waals surface area contributed by atoms with Gasteiger partial charge in [0, 0.05) is 5.69 Å². The first kappa shape index (κ1) is 17.8. The van der Waals surface area contributed by atoms with Crippen LogP contribution in [0.25, 0.3) is 0 Å². The Morgan fingerprint density at radius 1 is 1.35 bits per heavy atom. The lowest BCUT2D eigenvalue weighted by atomic mass is 9.99. The normalized spacial score (nSPS) is 22.5. The number of benzene rings is 1. The molecule has 0 spiro atoms. The Morgan fingerprint density at radius 2 is 2.04 bits per heavy atom. The second kappa shape index (κ2) is 7.81. The number of sulfone groups is 1. The summed E-state index contributed by atoms with van der Waals surface area (Å²) in [6.07, 6.45) is 3.50. The van der Waals surface area contributed by atoms with Gasteiger partial charge >= 0.3 is 0 Å². The fourth-order valence-electron chi connectivity index (χ4n) is 2.74. The van der Waals surface area contributed by atoms with E-state index in [1.165, 1.54) is 5.56 Å². The van der Waals surface area contributed by atoms with E-state index >= 15 is 0 Å². The Hall–Kier alpha value is -1.56. The number of nitrogens with one attached hydrogen (secondary N) is 1. The van der Waals surface area contributed by atoms with Crippen LogP contribution in [0.15, 0.2) is 29.3 Å². The summed E-state index contributed by atoms with van der Waals surface area (Å²) in [5.74, 6) is 1.08. The van der Waals surface area contributed by atoms with E-state index < -0.39 is 9.84 Å². The maximum atomic E-state index is 12.0. The van der Waals surface area contributed by atoms with Crippen molar-refractivity contribution >= 4 is 21.5 Å². The van der Waals surface area contributed by atoms with Crippen LogP contribution in [-0.4, -0.2) is 31.9 Å². The van der Waals surface area contributed by atoms with Gasteiger partial charge in [0.2, 0.25) is 0 Å². The van der Waals surface area contributed by atoms with Gasteiger partial charge in [-0.15, -0.1) is 0 Å². The van der Waals surface area contributed by atoms with Gasteiger partial charge in [0.15, 0.2) is 15.8 Å². The molecule has 1 heterocycles. The average molecular weight is 337 g/mol. The zero-order chi connectivity index (χ0) is 16.9. The summed E-state index contributed by atoms with van der Waals surface area (Å²) < 4.78 is 23.9. The summed E-state index contributed by atoms with van der Waals surface area (Å²) in [5.41, 5.74) is 8.04. The van der Waals surface area contributed by atoms with E-state index in [9.17, 15) is 8.42 Å². The number of nitrogens with zero attached hydrogens (tertiary/aromatic N) is 1. The van der Waals surface area contributed by atoms with Gasteiger partial charge in [-0.25, -0.2) is 8.42 Å². The van der Waals surface area contributed by atoms with Crippen LogP contribution in [0.3, 0.4) is 0 Å². The molecule has 2 rings (SSSR count). The lowest BCUT2D eigenvalue weighted by Gasteiger charge is -2.20. The van der Waals surface area contributed by atoms with Crippen LogP contribution in [-0.2, 0) is 9.84 Å². The lowest BCUT2D eigenvalue weighted by molar-refractivity contribution is 0.541. The Kier molecular flexibility index (Phi) is 6.04. The fraction of sp³-hybridized carbons (Fsp3) is 0.588. The molecule has 3 N–H and O–H groups in total. The Bertz CT molecular complexity index is 638. The standard InChI is InChI=1S/C17H27N3O2S/c1-3-13(2)14-7-9-15(10-8-14)20-17(18)19-12-16-6-4-5-11-23(16,21)22/h7-10,13,16H,3-6,11-12H2,1-2H3,(H3,18,19,20). The molecule has 1 aromatic rings. The highest BCUT2D eigenvalue weighted by Crippen LogP contribution is 2.21. The van der Waals surface area contributed by atoms with Gasteiger partial charge in [-0.2, -0.15) is 0 Å². The lowest BCUT2D eigenvalue weighted by Crippen LogP contribution is -2.32. The van der Waals surface area contributed by atoms with Crippen LogP contribution in [0.4, 0.5) is 5.69 Å². The van der Waals surface area contributed by atoms with Crippen molar-refractivity contribution in [1.82, 2.24) is 0 Å². The fourth-order valence-corrected chi connectivity index (χ4v) is 4.51. The van der Waals surface area contributed by atoms with Crippen molar-refractivity contribution in [1.29, 1.82) is 0 Å². The molecule has 0 aromatic heterocycles. The minimum Gasteiger partial charge on any atom is -0.370 e. The van der Waals surface area contributed by atoms with Crippen molar-refractivity contribution in [2.75, 3.05) is 17.6 Å². The molecule has 0 saturated carbocycles. The molecule has 23 heavy (non-hydrogen) atoms. The van der Waals surface area contributed by atoms with E-state index in [4.69, 9.17) is 5.73 Å². The quantitative estimate of drug-likeness (QED) is 0.639. The van der Waals surface area contributed by atoms with Gasteiger partial charge in [0.25, 0.3) is 0 Å². The third-order valence-corrected chi connectivity index (χ3v) is 6.80. The van der Waals surface area contributed by atoms with Crippen LogP contribution < -0.4 is 11.1 Å². The molecule has 1 aliphatic heterocycles. The van der Waals surface area contributed by atoms with Crippen molar-refractivity contribution in [2.45, 2.75) is 50.7 Å². The van der Waals surface area contributed by atoms with Crippen molar-refractivity contribution in [2.24, 2.45) is 10.7 Å². The van der Waals surface area contributed by atoms with Crippen LogP contribution in [0.2, 0.25) is 0 Å². The summed E-state index contributed by atoms with van der Waals surface area (Å²) in [4.78, 5) is 4.22. The second-order valence-corrected chi connectivity index (χ2v) is 8.67. The van der Waals surface area contributed by atoms with E-state index in [0.29, 0.717) is 12.3 Å². The van der Waals surface area contributed by atoms with Crippen LogP contribution in [0, 0.1) is 0 Å². The number of guanidine groups is 1. The largest absolute Gasteiger partial charge is 0.370 e. The smallest absolute Gasteiger partial charge is 0.193 e. The van der Waals surface area contributed by atoms with E-state index in [1.807, 2.05) is 12.1 Å². The Balaban J connectivity index is 1.94. The predicted molar refractivity (Wildman–Crippen MR) is 96.7 cm³/mol. The first-order valence-electron chi connectivity index (χ1n) is 8.31. The van der Waals surface area contributed by atoms with Gasteiger partial charge in [0.05, 0.1) is 17.5 Å². The maximum absolute atomic E-state index is 12.0. The van der Waals surface area contributed by atoms with Crippen molar-refractivity contribution in [3.8, 4) is 0 Å². The highest BCUT2D eigenvalue weighted by Gasteiger charge is 2.28. The molecule has 0 radical (unpaired) electrons. The van der Waals surface area contributed by atoms with E-state index in [1.54, 1.807) is 0 Å². The van der Waals surface area contributed by atoms with Gasteiger partial charge in [-0.05, 0) is 42.9 Å². The number of hydrogen-bond donors (Lipinski definition) is 2. The Morgan fingerprint density at radius 3 is 2.65 bits per heavy atom. The molecule has 0 amide bonds. The molecule has 0 aliphatic carbocycles. The monoisotopic (exact) mass is 337 g/mol. The molecule has 1 fully saturated rings. The summed E-state index contributed by atoms with van der Waals surface area (Å²) in [5, 5.41) is 2.64. The summed E-state index contributed by atoms with van der Waals surface area (Å²) in [7, 11) is -3.00. The summed E-state index contributed by atoms with van der Waals surface area (Å²) in [6, 6.07) is 8.10. The maximum Gasteiger partial charge on any atom is 0.193 e. The van der Waals surface area contributed by atoms with Gasteiger partial charge in [-0.3, -0.25) is 4.99 Å².